The van der Waals surface area contributed by atoms with Gasteiger partial charge < -0.3 is 10.1 Å². The number of nitrogens with zero attached hydrogens (tertiary/aromatic N) is 1. The molecule has 0 radical (unpaired) electrons. The number of halogens is 5. The summed E-state index contributed by atoms with van der Waals surface area (Å²) < 4.78 is 66.5. The molecule has 0 fully saturated rings. The second-order valence-corrected chi connectivity index (χ2v) is 9.76. The largest absolute Gasteiger partial charge is 0.573 e. The summed E-state index contributed by atoms with van der Waals surface area (Å²) in [5.74, 6) is -0.967. The van der Waals surface area contributed by atoms with E-state index in [0.717, 1.165) is 22.7 Å². The highest BCUT2D eigenvalue weighted by atomic mass is 35.5. The van der Waals surface area contributed by atoms with E-state index >= 15 is 0 Å². The molecule has 0 atom stereocenters. The fourth-order valence-electron chi connectivity index (χ4n) is 2.95. The summed E-state index contributed by atoms with van der Waals surface area (Å²) in [4.78, 5) is 12.5. The Labute approximate surface area is 203 Å². The molecule has 6 nitrogen and oxygen atoms in total. The van der Waals surface area contributed by atoms with E-state index in [9.17, 15) is 26.4 Å². The van der Waals surface area contributed by atoms with Gasteiger partial charge in [0.1, 0.15) is 5.75 Å². The fraction of sp³-hybridized carbons (Fsp3) is 0.136. The molecule has 1 N–H and O–H groups in total. The van der Waals surface area contributed by atoms with Gasteiger partial charge in [0.05, 0.1) is 18.5 Å². The first-order chi connectivity index (χ1) is 15.8. The van der Waals surface area contributed by atoms with Gasteiger partial charge in [-0.25, -0.2) is 8.42 Å². The molecule has 1 amide bonds. The van der Waals surface area contributed by atoms with E-state index in [4.69, 9.17) is 23.2 Å². The molecule has 0 heterocycles. The van der Waals surface area contributed by atoms with E-state index < -0.39 is 28.0 Å². The molecule has 0 saturated heterocycles. The molecule has 0 aliphatic carbocycles. The van der Waals surface area contributed by atoms with Crippen LogP contribution in [0.2, 0.25) is 10.0 Å². The number of sulfonamides is 1. The van der Waals surface area contributed by atoms with Gasteiger partial charge in [-0.15, -0.1) is 13.2 Å². The third-order valence-electron chi connectivity index (χ3n) is 4.53. The van der Waals surface area contributed by atoms with Crippen LogP contribution in [0.5, 0.6) is 5.75 Å². The van der Waals surface area contributed by atoms with E-state index in [2.05, 4.69) is 10.1 Å². The van der Waals surface area contributed by atoms with E-state index in [1.54, 1.807) is 18.2 Å². The quantitative estimate of drug-likeness (QED) is 0.398. The molecule has 0 bridgehead atoms. The minimum Gasteiger partial charge on any atom is -0.406 e. The van der Waals surface area contributed by atoms with Crippen LogP contribution in [0.4, 0.5) is 24.5 Å². The minimum absolute atomic E-state index is 0.116. The monoisotopic (exact) mass is 532 g/mol. The van der Waals surface area contributed by atoms with Gasteiger partial charge in [-0.2, -0.15) is 0 Å². The second kappa shape index (κ2) is 10.1. The summed E-state index contributed by atoms with van der Waals surface area (Å²) in [5, 5.41) is 3.16. The highest BCUT2D eigenvalue weighted by molar-refractivity contribution is 7.92. The first-order valence-corrected chi connectivity index (χ1v) is 12.1. The highest BCUT2D eigenvalue weighted by Gasteiger charge is 2.31. The van der Waals surface area contributed by atoms with Gasteiger partial charge in [0.15, 0.2) is 0 Å². The van der Waals surface area contributed by atoms with Gasteiger partial charge in [0.2, 0.25) is 10.0 Å². The molecule has 3 rings (SSSR count). The molecule has 0 spiro atoms. The Morgan fingerprint density at radius 1 is 0.971 bits per heavy atom. The summed E-state index contributed by atoms with van der Waals surface area (Å²) >= 11 is 12.3. The number of carbonyl (C=O) groups is 1. The molecule has 3 aromatic rings. The first-order valence-electron chi connectivity index (χ1n) is 9.51. The molecule has 34 heavy (non-hydrogen) atoms. The number of amides is 1. The highest BCUT2D eigenvalue weighted by Crippen LogP contribution is 2.29. The van der Waals surface area contributed by atoms with Crippen molar-refractivity contribution in [2.24, 2.45) is 0 Å². The minimum atomic E-state index is -4.82. The van der Waals surface area contributed by atoms with Crippen LogP contribution in [0.15, 0.2) is 66.7 Å². The number of anilines is 2. The van der Waals surface area contributed by atoms with Crippen LogP contribution in [0, 0.1) is 0 Å². The molecular formula is C22H17Cl2F3N2O4S. The summed E-state index contributed by atoms with van der Waals surface area (Å²) in [7, 11) is -3.72. The van der Waals surface area contributed by atoms with Gasteiger partial charge in [-0.1, -0.05) is 29.3 Å². The Morgan fingerprint density at radius 2 is 1.53 bits per heavy atom. The lowest BCUT2D eigenvalue weighted by atomic mass is 10.1. The van der Waals surface area contributed by atoms with Crippen LogP contribution in [0.3, 0.4) is 0 Å². The van der Waals surface area contributed by atoms with Crippen molar-refractivity contribution in [2.45, 2.75) is 12.9 Å². The fourth-order valence-corrected chi connectivity index (χ4v) is 4.33. The normalized spacial score (nSPS) is 11.7. The Morgan fingerprint density at radius 3 is 2.03 bits per heavy atom. The van der Waals surface area contributed by atoms with E-state index in [-0.39, 0.29) is 23.5 Å². The second-order valence-electron chi connectivity index (χ2n) is 7.04. The molecule has 0 unspecified atom stereocenters. The van der Waals surface area contributed by atoms with Crippen molar-refractivity contribution in [3.05, 3.63) is 87.9 Å². The van der Waals surface area contributed by atoms with E-state index in [1.165, 1.54) is 36.4 Å². The van der Waals surface area contributed by atoms with Crippen LogP contribution in [0.1, 0.15) is 15.9 Å². The first kappa shape index (κ1) is 25.7. The number of hydrogen-bond donors (Lipinski definition) is 1. The maximum atomic E-state index is 12.5. The molecular weight excluding hydrogens is 516 g/mol. The summed E-state index contributed by atoms with van der Waals surface area (Å²) in [6, 6.07) is 15.2. The SMILES string of the molecule is CS(=O)(=O)N(Cc1c(Cl)cccc1Cl)c1ccc(C(=O)Nc2ccc(OC(F)(F)F)cc2)cc1. The zero-order valence-corrected chi connectivity index (χ0v) is 19.8. The maximum Gasteiger partial charge on any atom is 0.573 e. The summed E-state index contributed by atoms with van der Waals surface area (Å²) in [6.45, 7) is -0.116. The molecule has 0 aliphatic rings. The molecule has 180 valence electrons. The summed E-state index contributed by atoms with van der Waals surface area (Å²) in [6.07, 6.45) is -3.78. The van der Waals surface area contributed by atoms with Gasteiger partial charge in [0.25, 0.3) is 5.91 Å². The average Bonchev–Trinajstić information content (AvgIpc) is 2.73. The Bertz CT molecular complexity index is 1260. The van der Waals surface area contributed by atoms with Crippen molar-refractivity contribution in [1.82, 2.24) is 0 Å². The van der Waals surface area contributed by atoms with Crippen LogP contribution < -0.4 is 14.4 Å². The summed E-state index contributed by atoms with van der Waals surface area (Å²) in [5.41, 5.74) is 1.15. The van der Waals surface area contributed by atoms with Crippen LogP contribution in [-0.2, 0) is 16.6 Å². The lowest BCUT2D eigenvalue weighted by Gasteiger charge is -2.23. The zero-order chi connectivity index (χ0) is 25.1. The van der Waals surface area contributed by atoms with Crippen molar-refractivity contribution in [1.29, 1.82) is 0 Å². The predicted molar refractivity (Wildman–Crippen MR) is 125 cm³/mol. The van der Waals surface area contributed by atoms with Gasteiger partial charge >= 0.3 is 6.36 Å². The number of rotatable bonds is 7. The number of hydrogen-bond acceptors (Lipinski definition) is 4. The lowest BCUT2D eigenvalue weighted by molar-refractivity contribution is -0.274. The van der Waals surface area contributed by atoms with Gasteiger partial charge in [-0.05, 0) is 60.7 Å². The molecule has 0 aromatic heterocycles. The average molecular weight is 533 g/mol. The number of nitrogens with one attached hydrogen (secondary N) is 1. The number of ether oxygens (including phenoxy) is 1. The third kappa shape index (κ3) is 6.78. The number of alkyl halides is 3. The van der Waals surface area contributed by atoms with Crippen molar-refractivity contribution in [3.63, 3.8) is 0 Å². The van der Waals surface area contributed by atoms with Crippen molar-refractivity contribution in [2.75, 3.05) is 15.9 Å². The Kier molecular flexibility index (Phi) is 7.64. The Balaban J connectivity index is 1.76. The number of benzene rings is 3. The van der Waals surface area contributed by atoms with E-state index in [0.29, 0.717) is 15.6 Å². The van der Waals surface area contributed by atoms with Crippen LogP contribution in [0.25, 0.3) is 0 Å². The smallest absolute Gasteiger partial charge is 0.406 e. The number of carbonyl (C=O) groups excluding carboxylic acids is 1. The van der Waals surface area contributed by atoms with Gasteiger partial charge in [0, 0.05) is 26.9 Å². The van der Waals surface area contributed by atoms with Crippen LogP contribution in [-0.4, -0.2) is 26.9 Å². The Hall–Kier alpha value is -2.95. The standard InChI is InChI=1S/C22H17Cl2F3N2O4S/c1-34(31,32)29(13-18-19(23)3-2-4-20(18)24)16-9-5-14(6-10-16)21(30)28-15-7-11-17(12-8-15)33-22(25,26)27/h2-12H,13H2,1H3,(H,28,30). The maximum absolute atomic E-state index is 12.5. The molecule has 3 aromatic carbocycles. The van der Waals surface area contributed by atoms with Crippen molar-refractivity contribution >= 4 is 50.5 Å². The van der Waals surface area contributed by atoms with Crippen molar-refractivity contribution in [3.8, 4) is 5.75 Å². The van der Waals surface area contributed by atoms with Gasteiger partial charge in [-0.3, -0.25) is 9.10 Å². The topological polar surface area (TPSA) is 75.7 Å². The molecule has 0 aliphatic heterocycles. The van der Waals surface area contributed by atoms with Crippen molar-refractivity contribution < 1.29 is 31.1 Å². The van der Waals surface area contributed by atoms with E-state index in [1.807, 2.05) is 0 Å². The van der Waals surface area contributed by atoms with Crippen LogP contribution >= 0.6 is 23.2 Å². The third-order valence-corrected chi connectivity index (χ3v) is 6.38. The molecule has 12 heteroatoms. The predicted octanol–water partition coefficient (Wildman–Crippen LogP) is 6.11. The molecule has 0 saturated carbocycles. The zero-order valence-electron chi connectivity index (χ0n) is 17.4. The lowest BCUT2D eigenvalue weighted by Crippen LogP contribution is -2.29.